The SMILES string of the molecule is COc1ccc(C2CCN(C(=O)c3ccc(C4(O)COC4)cc3)CC2)cc1. The Morgan fingerprint density at radius 1 is 1.07 bits per heavy atom. The van der Waals surface area contributed by atoms with Crippen molar-refractivity contribution in [3.05, 3.63) is 65.2 Å². The fraction of sp³-hybridized carbons (Fsp3) is 0.409. The van der Waals surface area contributed by atoms with E-state index in [1.807, 2.05) is 41.3 Å². The van der Waals surface area contributed by atoms with Crippen LogP contribution in [0.3, 0.4) is 0 Å². The van der Waals surface area contributed by atoms with Gasteiger partial charge in [0.1, 0.15) is 11.4 Å². The lowest BCUT2D eigenvalue weighted by Crippen LogP contribution is -2.46. The summed E-state index contributed by atoms with van der Waals surface area (Å²) in [6, 6.07) is 15.5. The number of benzene rings is 2. The van der Waals surface area contributed by atoms with E-state index in [0.717, 1.165) is 37.2 Å². The second-order valence-electron chi connectivity index (χ2n) is 7.44. The molecular formula is C22H25NO4. The number of rotatable bonds is 4. The Labute approximate surface area is 159 Å². The van der Waals surface area contributed by atoms with Crippen LogP contribution in [0.15, 0.2) is 48.5 Å². The molecule has 2 fully saturated rings. The third-order valence-electron chi connectivity index (χ3n) is 5.72. The Kier molecular flexibility index (Phi) is 4.89. The normalized spacial score (nSPS) is 19.4. The molecule has 2 saturated heterocycles. The Balaban J connectivity index is 1.36. The van der Waals surface area contributed by atoms with Crippen LogP contribution in [0, 0.1) is 0 Å². The first kappa shape index (κ1) is 18.0. The quantitative estimate of drug-likeness (QED) is 0.903. The molecule has 1 amide bonds. The van der Waals surface area contributed by atoms with Crippen LogP contribution in [0.5, 0.6) is 5.75 Å². The largest absolute Gasteiger partial charge is 0.497 e. The van der Waals surface area contributed by atoms with E-state index in [1.165, 1.54) is 5.56 Å². The molecule has 142 valence electrons. The monoisotopic (exact) mass is 367 g/mol. The molecule has 2 aliphatic rings. The number of hydrogen-bond donors (Lipinski definition) is 1. The molecule has 5 heteroatoms. The number of amides is 1. The third kappa shape index (κ3) is 3.57. The van der Waals surface area contributed by atoms with Gasteiger partial charge in [-0.05, 0) is 54.2 Å². The average Bonchev–Trinajstić information content (AvgIpc) is 2.72. The number of hydrogen-bond acceptors (Lipinski definition) is 4. The molecule has 2 aliphatic heterocycles. The smallest absolute Gasteiger partial charge is 0.253 e. The van der Waals surface area contributed by atoms with E-state index in [4.69, 9.17) is 9.47 Å². The Bertz CT molecular complexity index is 788. The highest BCUT2D eigenvalue weighted by Crippen LogP contribution is 2.31. The highest BCUT2D eigenvalue weighted by Gasteiger charge is 2.38. The number of carbonyl (C=O) groups is 1. The van der Waals surface area contributed by atoms with Crippen molar-refractivity contribution in [3.63, 3.8) is 0 Å². The van der Waals surface area contributed by atoms with E-state index < -0.39 is 5.60 Å². The first-order valence-electron chi connectivity index (χ1n) is 9.43. The van der Waals surface area contributed by atoms with Gasteiger partial charge in [-0.3, -0.25) is 4.79 Å². The van der Waals surface area contributed by atoms with E-state index >= 15 is 0 Å². The van der Waals surface area contributed by atoms with Gasteiger partial charge in [-0.25, -0.2) is 0 Å². The minimum Gasteiger partial charge on any atom is -0.497 e. The fourth-order valence-corrected chi connectivity index (χ4v) is 3.86. The van der Waals surface area contributed by atoms with Crippen LogP contribution < -0.4 is 4.74 Å². The van der Waals surface area contributed by atoms with Crippen molar-refractivity contribution in [2.24, 2.45) is 0 Å². The van der Waals surface area contributed by atoms with Gasteiger partial charge >= 0.3 is 0 Å². The fourth-order valence-electron chi connectivity index (χ4n) is 3.86. The number of piperidine rings is 1. The van der Waals surface area contributed by atoms with Gasteiger partial charge in [-0.1, -0.05) is 24.3 Å². The van der Waals surface area contributed by atoms with E-state index in [2.05, 4.69) is 12.1 Å². The molecule has 0 unspecified atom stereocenters. The summed E-state index contributed by atoms with van der Waals surface area (Å²) < 4.78 is 10.3. The number of aliphatic hydroxyl groups is 1. The van der Waals surface area contributed by atoms with E-state index in [1.54, 1.807) is 7.11 Å². The molecule has 1 N–H and O–H groups in total. The number of methoxy groups -OCH3 is 1. The van der Waals surface area contributed by atoms with Gasteiger partial charge in [-0.15, -0.1) is 0 Å². The topological polar surface area (TPSA) is 59.0 Å². The molecule has 2 heterocycles. The lowest BCUT2D eigenvalue weighted by molar-refractivity contribution is -0.184. The van der Waals surface area contributed by atoms with Crippen molar-refractivity contribution in [1.29, 1.82) is 0 Å². The molecular weight excluding hydrogens is 342 g/mol. The highest BCUT2D eigenvalue weighted by atomic mass is 16.5. The predicted octanol–water partition coefficient (Wildman–Crippen LogP) is 2.93. The standard InChI is InChI=1S/C22H25NO4/c1-26-20-8-4-16(5-9-20)17-10-12-23(13-11-17)21(24)18-2-6-19(7-3-18)22(25)14-27-15-22/h2-9,17,25H,10-15H2,1H3. The van der Waals surface area contributed by atoms with Gasteiger partial charge in [0.2, 0.25) is 0 Å². The molecule has 0 atom stereocenters. The first-order chi connectivity index (χ1) is 13.1. The molecule has 5 nitrogen and oxygen atoms in total. The average molecular weight is 367 g/mol. The molecule has 0 aliphatic carbocycles. The summed E-state index contributed by atoms with van der Waals surface area (Å²) in [5.41, 5.74) is 1.90. The summed E-state index contributed by atoms with van der Waals surface area (Å²) in [5, 5.41) is 10.3. The molecule has 0 aromatic heterocycles. The summed E-state index contributed by atoms with van der Waals surface area (Å²) in [7, 11) is 1.67. The van der Waals surface area contributed by atoms with Crippen LogP contribution in [0.1, 0.15) is 40.2 Å². The number of likely N-dealkylation sites (tertiary alicyclic amines) is 1. The lowest BCUT2D eigenvalue weighted by Gasteiger charge is -2.37. The van der Waals surface area contributed by atoms with Crippen molar-refractivity contribution < 1.29 is 19.4 Å². The van der Waals surface area contributed by atoms with Crippen LogP contribution in [0.25, 0.3) is 0 Å². The molecule has 27 heavy (non-hydrogen) atoms. The lowest BCUT2D eigenvalue weighted by atomic mass is 9.89. The van der Waals surface area contributed by atoms with Gasteiger partial charge in [0.15, 0.2) is 0 Å². The van der Waals surface area contributed by atoms with Crippen molar-refractivity contribution >= 4 is 5.91 Å². The van der Waals surface area contributed by atoms with Crippen LogP contribution in [0.2, 0.25) is 0 Å². The molecule has 2 aromatic rings. The zero-order valence-electron chi connectivity index (χ0n) is 15.6. The maximum Gasteiger partial charge on any atom is 0.253 e. The first-order valence-corrected chi connectivity index (χ1v) is 9.43. The van der Waals surface area contributed by atoms with Crippen molar-refractivity contribution in [2.75, 3.05) is 33.4 Å². The predicted molar refractivity (Wildman–Crippen MR) is 102 cm³/mol. The van der Waals surface area contributed by atoms with Crippen LogP contribution in [0.4, 0.5) is 0 Å². The van der Waals surface area contributed by atoms with Gasteiger partial charge in [0, 0.05) is 18.7 Å². The van der Waals surface area contributed by atoms with E-state index in [-0.39, 0.29) is 5.91 Å². The van der Waals surface area contributed by atoms with Gasteiger partial charge in [0.25, 0.3) is 5.91 Å². The van der Waals surface area contributed by atoms with Gasteiger partial charge in [-0.2, -0.15) is 0 Å². The van der Waals surface area contributed by atoms with Gasteiger partial charge < -0.3 is 19.5 Å². The Morgan fingerprint density at radius 3 is 2.22 bits per heavy atom. The van der Waals surface area contributed by atoms with Crippen molar-refractivity contribution in [2.45, 2.75) is 24.4 Å². The second kappa shape index (κ2) is 7.33. The molecule has 0 spiro atoms. The summed E-state index contributed by atoms with van der Waals surface area (Å²) in [5.74, 6) is 1.41. The van der Waals surface area contributed by atoms with Crippen LogP contribution >= 0.6 is 0 Å². The number of ether oxygens (including phenoxy) is 2. The summed E-state index contributed by atoms with van der Waals surface area (Å²) >= 11 is 0. The van der Waals surface area contributed by atoms with E-state index in [9.17, 15) is 9.90 Å². The molecule has 0 saturated carbocycles. The Hall–Kier alpha value is -2.37. The zero-order chi connectivity index (χ0) is 18.9. The maximum absolute atomic E-state index is 12.8. The molecule has 0 bridgehead atoms. The third-order valence-corrected chi connectivity index (χ3v) is 5.72. The highest BCUT2D eigenvalue weighted by molar-refractivity contribution is 5.94. The number of nitrogens with zero attached hydrogens (tertiary/aromatic N) is 1. The van der Waals surface area contributed by atoms with Crippen LogP contribution in [-0.4, -0.2) is 49.3 Å². The second-order valence-corrected chi connectivity index (χ2v) is 7.44. The summed E-state index contributed by atoms with van der Waals surface area (Å²) in [6.07, 6.45) is 1.93. The van der Waals surface area contributed by atoms with Crippen molar-refractivity contribution in [3.8, 4) is 5.75 Å². The maximum atomic E-state index is 12.8. The molecule has 4 rings (SSSR count). The van der Waals surface area contributed by atoms with Gasteiger partial charge in [0.05, 0.1) is 20.3 Å². The van der Waals surface area contributed by atoms with Crippen molar-refractivity contribution in [1.82, 2.24) is 4.90 Å². The minimum atomic E-state index is -0.891. The van der Waals surface area contributed by atoms with E-state index in [0.29, 0.717) is 24.7 Å². The molecule has 2 aromatic carbocycles. The summed E-state index contributed by atoms with van der Waals surface area (Å²) in [6.45, 7) is 2.16. The van der Waals surface area contributed by atoms with Crippen LogP contribution in [-0.2, 0) is 10.3 Å². The Morgan fingerprint density at radius 2 is 1.70 bits per heavy atom. The summed E-state index contributed by atoms with van der Waals surface area (Å²) in [4.78, 5) is 14.7. The zero-order valence-corrected chi connectivity index (χ0v) is 15.6. The minimum absolute atomic E-state index is 0.0616. The molecule has 0 radical (unpaired) electrons. The number of carbonyl (C=O) groups excluding carboxylic acids is 1.